The maximum absolute atomic E-state index is 4.39. The lowest BCUT2D eigenvalue weighted by Gasteiger charge is -2.17. The van der Waals surface area contributed by atoms with Crippen molar-refractivity contribution in [3.8, 4) is 0 Å². The lowest BCUT2D eigenvalue weighted by Crippen LogP contribution is -2.23. The largest absolute Gasteiger partial charge is 0.307 e. The second-order valence-corrected chi connectivity index (χ2v) is 4.13. The van der Waals surface area contributed by atoms with Crippen molar-refractivity contribution in [2.75, 3.05) is 7.05 Å². The number of nitrogens with one attached hydrogen (secondary N) is 1. The molecule has 0 radical (unpaired) electrons. The zero-order chi connectivity index (χ0) is 12.4. The number of hydrogen-bond donors (Lipinski definition) is 1. The van der Waals surface area contributed by atoms with Gasteiger partial charge in [0.25, 0.3) is 0 Å². The van der Waals surface area contributed by atoms with Gasteiger partial charge in [-0.1, -0.05) is 0 Å². The second-order valence-electron chi connectivity index (χ2n) is 4.13. The van der Waals surface area contributed by atoms with Crippen molar-refractivity contribution in [3.05, 3.63) is 35.4 Å². The van der Waals surface area contributed by atoms with E-state index in [4.69, 9.17) is 0 Å². The number of aromatic nitrogens is 4. The van der Waals surface area contributed by atoms with Crippen LogP contribution >= 0.6 is 0 Å². The summed E-state index contributed by atoms with van der Waals surface area (Å²) in [6.07, 6.45) is 1.84. The molecule has 0 saturated carbocycles. The predicted octanol–water partition coefficient (Wildman–Crippen LogP) is 1.25. The molecule has 1 unspecified atom stereocenters. The zero-order valence-corrected chi connectivity index (χ0v) is 10.8. The Kier molecular flexibility index (Phi) is 3.28. The monoisotopic (exact) mass is 233 g/mol. The number of hydrogen-bond acceptors (Lipinski definition) is 3. The zero-order valence-electron chi connectivity index (χ0n) is 10.8. The van der Waals surface area contributed by atoms with Crippen LogP contribution in [0.3, 0.4) is 0 Å². The quantitative estimate of drug-likeness (QED) is 0.864. The second kappa shape index (κ2) is 4.71. The van der Waals surface area contributed by atoms with Crippen LogP contribution in [-0.2, 0) is 13.6 Å². The van der Waals surface area contributed by atoms with Crippen molar-refractivity contribution in [2.45, 2.75) is 26.4 Å². The average Bonchev–Trinajstić information content (AvgIpc) is 2.88. The highest BCUT2D eigenvalue weighted by Gasteiger charge is 2.19. The molecule has 1 atom stereocenters. The topological polar surface area (TPSA) is 47.7 Å². The number of rotatable bonds is 4. The summed E-state index contributed by atoms with van der Waals surface area (Å²) in [4.78, 5) is 0. The third kappa shape index (κ3) is 2.10. The summed E-state index contributed by atoms with van der Waals surface area (Å²) < 4.78 is 3.92. The molecule has 2 heterocycles. The number of aryl methyl sites for hydroxylation is 3. The van der Waals surface area contributed by atoms with Crippen molar-refractivity contribution in [1.29, 1.82) is 0 Å². The maximum atomic E-state index is 4.39. The predicted molar refractivity (Wildman–Crippen MR) is 66.7 cm³/mol. The van der Waals surface area contributed by atoms with E-state index in [0.717, 1.165) is 23.6 Å². The van der Waals surface area contributed by atoms with Gasteiger partial charge in [0.1, 0.15) is 0 Å². The molecule has 0 saturated heterocycles. The average molecular weight is 233 g/mol. The summed E-state index contributed by atoms with van der Waals surface area (Å²) in [5, 5.41) is 12.0. The van der Waals surface area contributed by atoms with E-state index in [1.165, 1.54) is 0 Å². The van der Waals surface area contributed by atoms with Gasteiger partial charge in [-0.05, 0) is 33.0 Å². The third-order valence-electron chi connectivity index (χ3n) is 2.97. The normalized spacial score (nSPS) is 12.9. The van der Waals surface area contributed by atoms with Crippen molar-refractivity contribution in [2.24, 2.45) is 7.05 Å². The lowest BCUT2D eigenvalue weighted by molar-refractivity contribution is 0.535. The lowest BCUT2D eigenvalue weighted by atomic mass is 10.1. The van der Waals surface area contributed by atoms with Crippen LogP contribution in [-0.4, -0.2) is 26.6 Å². The minimum absolute atomic E-state index is 0.128. The molecule has 0 aliphatic heterocycles. The SMILES string of the molecule is CCn1nccc1C(NC)c1cc(C)nn1C. The van der Waals surface area contributed by atoms with Gasteiger partial charge in [0, 0.05) is 19.8 Å². The summed E-state index contributed by atoms with van der Waals surface area (Å²) in [5.41, 5.74) is 3.35. The first-order valence-corrected chi connectivity index (χ1v) is 5.86. The fourth-order valence-corrected chi connectivity index (χ4v) is 2.20. The van der Waals surface area contributed by atoms with Crippen molar-refractivity contribution >= 4 is 0 Å². The Bertz CT molecular complexity index is 497. The van der Waals surface area contributed by atoms with Gasteiger partial charge < -0.3 is 5.32 Å². The Hall–Kier alpha value is -1.62. The van der Waals surface area contributed by atoms with Crippen LogP contribution in [0.15, 0.2) is 18.3 Å². The van der Waals surface area contributed by atoms with Gasteiger partial charge >= 0.3 is 0 Å². The highest BCUT2D eigenvalue weighted by Crippen LogP contribution is 2.21. The van der Waals surface area contributed by atoms with E-state index in [0.29, 0.717) is 0 Å². The van der Waals surface area contributed by atoms with Gasteiger partial charge in [-0.3, -0.25) is 9.36 Å². The summed E-state index contributed by atoms with van der Waals surface area (Å²) >= 11 is 0. The fraction of sp³-hybridized carbons (Fsp3) is 0.500. The van der Waals surface area contributed by atoms with E-state index < -0.39 is 0 Å². The van der Waals surface area contributed by atoms with Crippen LogP contribution < -0.4 is 5.32 Å². The van der Waals surface area contributed by atoms with E-state index in [2.05, 4.69) is 28.5 Å². The van der Waals surface area contributed by atoms with Crippen LogP contribution in [0.25, 0.3) is 0 Å². The molecule has 0 bridgehead atoms. The van der Waals surface area contributed by atoms with Crippen molar-refractivity contribution in [1.82, 2.24) is 24.9 Å². The van der Waals surface area contributed by atoms with Crippen LogP contribution in [0.1, 0.15) is 30.0 Å². The molecule has 2 aromatic rings. The molecule has 0 spiro atoms. The van der Waals surface area contributed by atoms with E-state index >= 15 is 0 Å². The van der Waals surface area contributed by atoms with Gasteiger partial charge in [0.05, 0.1) is 23.1 Å². The summed E-state index contributed by atoms with van der Waals surface area (Å²) in [7, 11) is 3.93. The minimum atomic E-state index is 0.128. The molecular formula is C12H19N5. The van der Waals surface area contributed by atoms with Crippen LogP contribution in [0.4, 0.5) is 0 Å². The molecule has 0 aromatic carbocycles. The first-order valence-electron chi connectivity index (χ1n) is 5.86. The summed E-state index contributed by atoms with van der Waals surface area (Å²) in [6.45, 7) is 4.97. The molecule has 0 aliphatic rings. The molecule has 0 fully saturated rings. The minimum Gasteiger partial charge on any atom is -0.307 e. The Balaban J connectivity index is 2.43. The highest BCUT2D eigenvalue weighted by molar-refractivity contribution is 5.23. The third-order valence-corrected chi connectivity index (χ3v) is 2.97. The number of nitrogens with zero attached hydrogens (tertiary/aromatic N) is 4. The fourth-order valence-electron chi connectivity index (χ4n) is 2.20. The molecule has 17 heavy (non-hydrogen) atoms. The molecule has 2 rings (SSSR count). The molecule has 0 amide bonds. The van der Waals surface area contributed by atoms with Crippen LogP contribution in [0, 0.1) is 6.92 Å². The van der Waals surface area contributed by atoms with Crippen LogP contribution in [0.2, 0.25) is 0 Å². The van der Waals surface area contributed by atoms with Crippen molar-refractivity contribution < 1.29 is 0 Å². The van der Waals surface area contributed by atoms with E-state index in [9.17, 15) is 0 Å². The maximum Gasteiger partial charge on any atom is 0.0916 e. The van der Waals surface area contributed by atoms with Crippen molar-refractivity contribution in [3.63, 3.8) is 0 Å². The van der Waals surface area contributed by atoms with E-state index in [-0.39, 0.29) is 6.04 Å². The first-order chi connectivity index (χ1) is 8.17. The molecule has 92 valence electrons. The molecule has 1 N–H and O–H groups in total. The summed E-state index contributed by atoms with van der Waals surface area (Å²) in [6, 6.07) is 4.28. The first kappa shape index (κ1) is 11.9. The molecule has 2 aromatic heterocycles. The van der Waals surface area contributed by atoms with Gasteiger partial charge in [0.15, 0.2) is 0 Å². The standard InChI is InChI=1S/C12H19N5/c1-5-17-10(6-7-14-17)12(13-3)11-8-9(2)15-16(11)4/h6-8,12-13H,5H2,1-4H3. The van der Waals surface area contributed by atoms with Gasteiger partial charge in [-0.15, -0.1) is 0 Å². The Morgan fingerprint density at radius 3 is 2.71 bits per heavy atom. The molecule has 0 aliphatic carbocycles. The summed E-state index contributed by atoms with van der Waals surface area (Å²) in [5.74, 6) is 0. The van der Waals surface area contributed by atoms with E-state index in [1.807, 2.05) is 42.6 Å². The van der Waals surface area contributed by atoms with E-state index in [1.54, 1.807) is 0 Å². The Morgan fingerprint density at radius 1 is 1.41 bits per heavy atom. The van der Waals surface area contributed by atoms with Gasteiger partial charge in [-0.25, -0.2) is 0 Å². The molecule has 5 heteroatoms. The molecule has 5 nitrogen and oxygen atoms in total. The van der Waals surface area contributed by atoms with Gasteiger partial charge in [0.2, 0.25) is 0 Å². The highest BCUT2D eigenvalue weighted by atomic mass is 15.3. The Morgan fingerprint density at radius 2 is 2.18 bits per heavy atom. The van der Waals surface area contributed by atoms with Gasteiger partial charge in [-0.2, -0.15) is 10.2 Å². The van der Waals surface area contributed by atoms with Crippen LogP contribution in [0.5, 0.6) is 0 Å². The molecular weight excluding hydrogens is 214 g/mol. The smallest absolute Gasteiger partial charge is 0.0916 e. The Labute approximate surface area is 101 Å².